The van der Waals surface area contributed by atoms with Gasteiger partial charge in [0.25, 0.3) is 5.91 Å². The quantitative estimate of drug-likeness (QED) is 0.795. The summed E-state index contributed by atoms with van der Waals surface area (Å²) in [5.41, 5.74) is 0.263. The van der Waals surface area contributed by atoms with E-state index in [1.54, 1.807) is 0 Å². The Kier molecular flexibility index (Phi) is 4.18. The molecule has 4 heteroatoms. The molecule has 2 aliphatic heterocycles. The number of nitrogens with zero attached hydrogens (tertiary/aromatic N) is 2. The molecule has 0 saturated carbocycles. The number of carbonyl (C=O) groups is 1. The maximum Gasteiger partial charge on any atom is 0.251 e. The lowest BCUT2D eigenvalue weighted by Crippen LogP contribution is -2.73. The van der Waals surface area contributed by atoms with Crippen molar-refractivity contribution in [3.63, 3.8) is 0 Å². The second-order valence-electron chi connectivity index (χ2n) is 8.02. The average Bonchev–Trinajstić information content (AvgIpc) is 2.26. The summed E-state index contributed by atoms with van der Waals surface area (Å²) in [5, 5.41) is 0. The molecule has 20 heavy (non-hydrogen) atoms. The minimum atomic E-state index is -0.295. The molecule has 0 radical (unpaired) electrons. The minimum absolute atomic E-state index is 0.116. The van der Waals surface area contributed by atoms with Gasteiger partial charge in [0.1, 0.15) is 11.7 Å². The number of amides is 1. The topological polar surface area (TPSA) is 32.8 Å². The zero-order valence-electron chi connectivity index (χ0n) is 13.9. The molecule has 0 aromatic heterocycles. The van der Waals surface area contributed by atoms with Crippen LogP contribution in [0.1, 0.15) is 48.0 Å². The molecule has 2 heterocycles. The van der Waals surface area contributed by atoms with Crippen LogP contribution in [0, 0.1) is 5.41 Å². The average molecular weight is 282 g/mol. The number of morpholine rings is 1. The van der Waals surface area contributed by atoms with Crippen molar-refractivity contribution in [3.8, 4) is 0 Å². The van der Waals surface area contributed by atoms with Crippen molar-refractivity contribution < 1.29 is 9.53 Å². The van der Waals surface area contributed by atoms with E-state index < -0.39 is 0 Å². The molecule has 1 atom stereocenters. The molecule has 2 rings (SSSR count). The SMILES string of the molecule is CC(C)N1CC2(CN(CCC(C)(C)C)C2)O[C@@H](C)C1=O. The minimum Gasteiger partial charge on any atom is -0.358 e. The lowest BCUT2D eigenvalue weighted by atomic mass is 9.87. The number of hydrogen-bond donors (Lipinski definition) is 0. The molecule has 2 fully saturated rings. The van der Waals surface area contributed by atoms with Crippen molar-refractivity contribution in [1.82, 2.24) is 9.80 Å². The van der Waals surface area contributed by atoms with Gasteiger partial charge in [-0.05, 0) is 39.2 Å². The van der Waals surface area contributed by atoms with Crippen LogP contribution in [0.2, 0.25) is 0 Å². The Bertz CT molecular complexity index is 367. The maximum atomic E-state index is 12.1. The molecule has 0 aromatic carbocycles. The molecular weight excluding hydrogens is 252 g/mol. The third kappa shape index (κ3) is 3.34. The van der Waals surface area contributed by atoms with Gasteiger partial charge in [0.05, 0.1) is 6.54 Å². The Balaban J connectivity index is 1.90. The highest BCUT2D eigenvalue weighted by molar-refractivity contribution is 5.81. The van der Waals surface area contributed by atoms with Gasteiger partial charge >= 0.3 is 0 Å². The van der Waals surface area contributed by atoms with E-state index in [0.717, 1.165) is 26.2 Å². The van der Waals surface area contributed by atoms with Crippen LogP contribution in [-0.2, 0) is 9.53 Å². The van der Waals surface area contributed by atoms with Crippen LogP contribution in [0.3, 0.4) is 0 Å². The summed E-state index contributed by atoms with van der Waals surface area (Å²) in [5.74, 6) is 0.138. The normalized spacial score (nSPS) is 27.2. The lowest BCUT2D eigenvalue weighted by molar-refractivity contribution is -0.217. The predicted molar refractivity (Wildman–Crippen MR) is 80.6 cm³/mol. The second-order valence-corrected chi connectivity index (χ2v) is 8.02. The summed E-state index contributed by atoms with van der Waals surface area (Å²) in [6.45, 7) is 16.7. The predicted octanol–water partition coefficient (Wildman–Crippen LogP) is 2.13. The van der Waals surface area contributed by atoms with Gasteiger partial charge in [-0.15, -0.1) is 0 Å². The smallest absolute Gasteiger partial charge is 0.251 e. The van der Waals surface area contributed by atoms with Crippen LogP contribution >= 0.6 is 0 Å². The zero-order valence-corrected chi connectivity index (χ0v) is 13.9. The monoisotopic (exact) mass is 282 g/mol. The van der Waals surface area contributed by atoms with Gasteiger partial charge in [-0.2, -0.15) is 0 Å². The Morgan fingerprint density at radius 1 is 1.30 bits per heavy atom. The molecule has 1 spiro atoms. The van der Waals surface area contributed by atoms with E-state index in [2.05, 4.69) is 39.5 Å². The van der Waals surface area contributed by atoms with Gasteiger partial charge in [-0.25, -0.2) is 0 Å². The van der Waals surface area contributed by atoms with Crippen molar-refractivity contribution >= 4 is 5.91 Å². The first-order valence-electron chi connectivity index (χ1n) is 7.83. The number of ether oxygens (including phenoxy) is 1. The fourth-order valence-electron chi connectivity index (χ4n) is 3.12. The molecule has 0 unspecified atom stereocenters. The van der Waals surface area contributed by atoms with Crippen LogP contribution in [0.15, 0.2) is 0 Å². The van der Waals surface area contributed by atoms with Gasteiger partial charge in [0, 0.05) is 19.1 Å². The van der Waals surface area contributed by atoms with Crippen molar-refractivity contribution in [2.45, 2.75) is 65.7 Å². The van der Waals surface area contributed by atoms with E-state index in [4.69, 9.17) is 4.74 Å². The second kappa shape index (κ2) is 5.30. The summed E-state index contributed by atoms with van der Waals surface area (Å²) in [7, 11) is 0. The lowest BCUT2D eigenvalue weighted by Gasteiger charge is -2.56. The molecule has 2 aliphatic rings. The molecular formula is C16H30N2O2. The Hall–Kier alpha value is -0.610. The Labute approximate surface area is 123 Å². The van der Waals surface area contributed by atoms with Gasteiger partial charge in [-0.1, -0.05) is 20.8 Å². The van der Waals surface area contributed by atoms with Crippen molar-refractivity contribution in [2.75, 3.05) is 26.2 Å². The number of likely N-dealkylation sites (tertiary alicyclic amines) is 1. The van der Waals surface area contributed by atoms with Gasteiger partial charge < -0.3 is 9.64 Å². The van der Waals surface area contributed by atoms with Crippen LogP contribution in [-0.4, -0.2) is 59.6 Å². The first-order valence-corrected chi connectivity index (χ1v) is 7.83. The highest BCUT2D eigenvalue weighted by atomic mass is 16.5. The van der Waals surface area contributed by atoms with Gasteiger partial charge in [0.15, 0.2) is 0 Å². The summed E-state index contributed by atoms with van der Waals surface area (Å²) < 4.78 is 6.03. The van der Waals surface area contributed by atoms with Crippen molar-refractivity contribution in [1.29, 1.82) is 0 Å². The van der Waals surface area contributed by atoms with Gasteiger partial charge in [0.2, 0.25) is 0 Å². The summed E-state index contributed by atoms with van der Waals surface area (Å²) in [4.78, 5) is 16.6. The third-order valence-electron chi connectivity index (χ3n) is 4.34. The number of carbonyl (C=O) groups excluding carboxylic acids is 1. The molecule has 4 nitrogen and oxygen atoms in total. The van der Waals surface area contributed by atoms with E-state index >= 15 is 0 Å². The third-order valence-corrected chi connectivity index (χ3v) is 4.34. The zero-order chi connectivity index (χ0) is 15.1. The van der Waals surface area contributed by atoms with Crippen LogP contribution in [0.25, 0.3) is 0 Å². The first kappa shape index (κ1) is 15.8. The molecule has 2 saturated heterocycles. The van der Waals surface area contributed by atoms with Gasteiger partial charge in [-0.3, -0.25) is 9.69 Å². The summed E-state index contributed by atoms with van der Waals surface area (Å²) in [6.07, 6.45) is 0.904. The van der Waals surface area contributed by atoms with E-state index in [-0.39, 0.29) is 23.7 Å². The molecule has 0 N–H and O–H groups in total. The highest BCUT2D eigenvalue weighted by Crippen LogP contribution is 2.33. The fourth-order valence-corrected chi connectivity index (χ4v) is 3.12. The molecule has 0 aromatic rings. The number of hydrogen-bond acceptors (Lipinski definition) is 3. The largest absolute Gasteiger partial charge is 0.358 e. The summed E-state index contributed by atoms with van der Waals surface area (Å²) >= 11 is 0. The van der Waals surface area contributed by atoms with Crippen LogP contribution in [0.4, 0.5) is 0 Å². The van der Waals surface area contributed by atoms with E-state index in [1.165, 1.54) is 6.42 Å². The molecule has 116 valence electrons. The summed E-state index contributed by atoms with van der Waals surface area (Å²) in [6, 6.07) is 0.259. The molecule has 0 aliphatic carbocycles. The van der Waals surface area contributed by atoms with Crippen LogP contribution < -0.4 is 0 Å². The molecule has 1 amide bonds. The highest BCUT2D eigenvalue weighted by Gasteiger charge is 2.51. The Morgan fingerprint density at radius 2 is 1.90 bits per heavy atom. The van der Waals surface area contributed by atoms with Crippen LogP contribution in [0.5, 0.6) is 0 Å². The number of rotatable bonds is 3. The maximum absolute atomic E-state index is 12.1. The van der Waals surface area contributed by atoms with Crippen molar-refractivity contribution in [2.24, 2.45) is 5.41 Å². The Morgan fingerprint density at radius 3 is 2.40 bits per heavy atom. The van der Waals surface area contributed by atoms with Crippen molar-refractivity contribution in [3.05, 3.63) is 0 Å². The van der Waals surface area contributed by atoms with E-state index in [0.29, 0.717) is 5.41 Å². The first-order chi connectivity index (χ1) is 9.12. The van der Waals surface area contributed by atoms with E-state index in [9.17, 15) is 4.79 Å². The fraction of sp³-hybridized carbons (Fsp3) is 0.938. The molecule has 0 bridgehead atoms. The van der Waals surface area contributed by atoms with E-state index in [1.807, 2.05) is 11.8 Å². The standard InChI is InChI=1S/C16H30N2O2/c1-12(2)18-11-16(20-13(3)14(18)19)9-17(10-16)8-7-15(4,5)6/h12-13H,7-11H2,1-6H3/t13-/m0/s1.